The molecule has 6 heteroatoms. The average molecular weight is 491 g/mol. The molecule has 1 unspecified atom stereocenters. The molecule has 0 aliphatic rings. The maximum atomic E-state index is 13.6. The summed E-state index contributed by atoms with van der Waals surface area (Å²) in [6.07, 6.45) is 0.825. The standard InChI is InChI=1S/C29H34N2O3S/c1-3-30-29(33)27(20-23-11-6-4-7-12-23)31(21-25-15-10-16-26(19-25)34-2)28(32)17-18-35-22-24-13-8-5-9-14-24/h4-16,19,27H,3,17-18,20-22H2,1-2H3,(H,30,33). The van der Waals surface area contributed by atoms with Crippen molar-refractivity contribution in [3.05, 3.63) is 102 Å². The van der Waals surface area contributed by atoms with Crippen molar-refractivity contribution in [3.8, 4) is 5.75 Å². The molecule has 0 radical (unpaired) electrons. The summed E-state index contributed by atoms with van der Waals surface area (Å²) in [6, 6.07) is 27.2. The number of ether oxygens (including phenoxy) is 1. The van der Waals surface area contributed by atoms with Gasteiger partial charge in [-0.15, -0.1) is 0 Å². The summed E-state index contributed by atoms with van der Waals surface area (Å²) in [4.78, 5) is 28.5. The van der Waals surface area contributed by atoms with Gasteiger partial charge < -0.3 is 15.0 Å². The van der Waals surface area contributed by atoms with Gasteiger partial charge in [-0.05, 0) is 35.7 Å². The first-order valence-electron chi connectivity index (χ1n) is 12.0. The zero-order valence-corrected chi connectivity index (χ0v) is 21.3. The fourth-order valence-corrected chi connectivity index (χ4v) is 4.77. The van der Waals surface area contributed by atoms with Crippen LogP contribution in [0.5, 0.6) is 5.75 Å². The molecule has 0 aromatic heterocycles. The van der Waals surface area contributed by atoms with Crippen molar-refractivity contribution in [1.82, 2.24) is 10.2 Å². The quantitative estimate of drug-likeness (QED) is 0.339. The molecule has 35 heavy (non-hydrogen) atoms. The molecular weight excluding hydrogens is 456 g/mol. The second-order valence-corrected chi connectivity index (χ2v) is 9.37. The molecule has 3 aromatic carbocycles. The van der Waals surface area contributed by atoms with Crippen molar-refractivity contribution in [2.24, 2.45) is 0 Å². The van der Waals surface area contributed by atoms with Crippen LogP contribution in [0.2, 0.25) is 0 Å². The molecule has 0 saturated heterocycles. The van der Waals surface area contributed by atoms with Crippen molar-refractivity contribution < 1.29 is 14.3 Å². The van der Waals surface area contributed by atoms with Crippen LogP contribution < -0.4 is 10.1 Å². The Morgan fingerprint density at radius 2 is 1.57 bits per heavy atom. The largest absolute Gasteiger partial charge is 0.497 e. The number of hydrogen-bond acceptors (Lipinski definition) is 4. The van der Waals surface area contributed by atoms with E-state index in [1.54, 1.807) is 23.8 Å². The number of carbonyl (C=O) groups is 2. The number of carbonyl (C=O) groups excluding carboxylic acids is 2. The van der Waals surface area contributed by atoms with Gasteiger partial charge in [0, 0.05) is 37.4 Å². The highest BCUT2D eigenvalue weighted by molar-refractivity contribution is 7.98. The molecular formula is C29H34N2O3S. The number of nitrogens with zero attached hydrogens (tertiary/aromatic N) is 1. The van der Waals surface area contributed by atoms with Crippen molar-refractivity contribution >= 4 is 23.6 Å². The van der Waals surface area contributed by atoms with Gasteiger partial charge >= 0.3 is 0 Å². The summed E-state index contributed by atoms with van der Waals surface area (Å²) < 4.78 is 5.37. The number of benzene rings is 3. The highest BCUT2D eigenvalue weighted by Crippen LogP contribution is 2.20. The number of hydrogen-bond donors (Lipinski definition) is 1. The molecule has 0 aliphatic carbocycles. The number of likely N-dealkylation sites (N-methyl/N-ethyl adjacent to an activating group) is 1. The van der Waals surface area contributed by atoms with Crippen LogP contribution in [0.25, 0.3) is 0 Å². The van der Waals surface area contributed by atoms with Crippen LogP contribution in [0.4, 0.5) is 0 Å². The minimum atomic E-state index is -0.602. The Labute approximate surface area is 212 Å². The first-order chi connectivity index (χ1) is 17.1. The molecule has 0 bridgehead atoms. The van der Waals surface area contributed by atoms with Crippen molar-refractivity contribution in [2.75, 3.05) is 19.4 Å². The SMILES string of the molecule is CCNC(=O)C(Cc1ccccc1)N(Cc1cccc(OC)c1)C(=O)CCSCc1ccccc1. The third-order valence-corrected chi connectivity index (χ3v) is 6.71. The zero-order valence-electron chi connectivity index (χ0n) is 20.5. The van der Waals surface area contributed by atoms with Gasteiger partial charge in [0.1, 0.15) is 11.8 Å². The van der Waals surface area contributed by atoms with Crippen LogP contribution in [0.1, 0.15) is 30.0 Å². The number of thioether (sulfide) groups is 1. The summed E-state index contributed by atoms with van der Waals surface area (Å²) >= 11 is 1.73. The molecule has 5 nitrogen and oxygen atoms in total. The van der Waals surface area contributed by atoms with E-state index in [2.05, 4.69) is 17.4 Å². The van der Waals surface area contributed by atoms with E-state index in [4.69, 9.17) is 4.74 Å². The van der Waals surface area contributed by atoms with E-state index in [1.807, 2.05) is 79.7 Å². The predicted molar refractivity (Wildman–Crippen MR) is 143 cm³/mol. The van der Waals surface area contributed by atoms with Crippen LogP contribution in [0.3, 0.4) is 0 Å². The van der Waals surface area contributed by atoms with Crippen molar-refractivity contribution in [2.45, 2.75) is 38.1 Å². The average Bonchev–Trinajstić information content (AvgIpc) is 2.90. The lowest BCUT2D eigenvalue weighted by molar-refractivity contribution is -0.140. The lowest BCUT2D eigenvalue weighted by atomic mass is 10.0. The van der Waals surface area contributed by atoms with Gasteiger partial charge in [0.15, 0.2) is 0 Å². The number of methoxy groups -OCH3 is 1. The highest BCUT2D eigenvalue weighted by Gasteiger charge is 2.30. The van der Waals surface area contributed by atoms with E-state index in [-0.39, 0.29) is 11.8 Å². The van der Waals surface area contributed by atoms with Crippen LogP contribution in [0, 0.1) is 0 Å². The van der Waals surface area contributed by atoms with Crippen LogP contribution in [-0.4, -0.2) is 42.2 Å². The lowest BCUT2D eigenvalue weighted by Crippen LogP contribution is -2.50. The third kappa shape index (κ3) is 8.48. The lowest BCUT2D eigenvalue weighted by Gasteiger charge is -2.31. The summed E-state index contributed by atoms with van der Waals surface area (Å²) in [5.74, 6) is 2.11. The van der Waals surface area contributed by atoms with Crippen molar-refractivity contribution in [3.63, 3.8) is 0 Å². The third-order valence-electron chi connectivity index (χ3n) is 5.68. The summed E-state index contributed by atoms with van der Waals surface area (Å²) in [5, 5.41) is 2.94. The van der Waals surface area contributed by atoms with E-state index in [0.29, 0.717) is 31.7 Å². The van der Waals surface area contributed by atoms with E-state index >= 15 is 0 Å². The molecule has 2 amide bonds. The van der Waals surface area contributed by atoms with Gasteiger partial charge in [-0.1, -0.05) is 72.8 Å². The number of rotatable bonds is 13. The van der Waals surface area contributed by atoms with Gasteiger partial charge in [0.25, 0.3) is 0 Å². The Morgan fingerprint density at radius 1 is 0.914 bits per heavy atom. The smallest absolute Gasteiger partial charge is 0.243 e. The van der Waals surface area contributed by atoms with E-state index in [0.717, 1.165) is 22.6 Å². The summed E-state index contributed by atoms with van der Waals surface area (Å²) in [6.45, 7) is 2.75. The Morgan fingerprint density at radius 3 is 2.23 bits per heavy atom. The molecule has 184 valence electrons. The van der Waals surface area contributed by atoms with Gasteiger partial charge in [-0.25, -0.2) is 0 Å². The molecule has 1 atom stereocenters. The molecule has 3 rings (SSSR count). The summed E-state index contributed by atoms with van der Waals surface area (Å²) in [7, 11) is 1.62. The molecule has 1 N–H and O–H groups in total. The van der Waals surface area contributed by atoms with E-state index in [9.17, 15) is 9.59 Å². The predicted octanol–water partition coefficient (Wildman–Crippen LogP) is 5.09. The fraction of sp³-hybridized carbons (Fsp3) is 0.310. The maximum Gasteiger partial charge on any atom is 0.243 e. The Hall–Kier alpha value is -3.25. The maximum absolute atomic E-state index is 13.6. The van der Waals surface area contributed by atoms with E-state index in [1.165, 1.54) is 5.56 Å². The highest BCUT2D eigenvalue weighted by atomic mass is 32.2. The van der Waals surface area contributed by atoms with Crippen molar-refractivity contribution in [1.29, 1.82) is 0 Å². The number of amides is 2. The van der Waals surface area contributed by atoms with Crippen LogP contribution in [0.15, 0.2) is 84.9 Å². The van der Waals surface area contributed by atoms with Crippen LogP contribution in [-0.2, 0) is 28.3 Å². The Kier molecular flexibility index (Phi) is 10.7. The minimum absolute atomic E-state index is 0.0273. The first-order valence-corrected chi connectivity index (χ1v) is 13.1. The molecule has 0 fully saturated rings. The minimum Gasteiger partial charge on any atom is -0.497 e. The second-order valence-electron chi connectivity index (χ2n) is 8.26. The molecule has 0 spiro atoms. The normalized spacial score (nSPS) is 11.5. The topological polar surface area (TPSA) is 58.6 Å². The number of nitrogens with one attached hydrogen (secondary N) is 1. The fourth-order valence-electron chi connectivity index (χ4n) is 3.88. The molecule has 0 aliphatic heterocycles. The Balaban J connectivity index is 1.79. The van der Waals surface area contributed by atoms with Gasteiger partial charge in [-0.3, -0.25) is 9.59 Å². The van der Waals surface area contributed by atoms with Gasteiger partial charge in [-0.2, -0.15) is 11.8 Å². The molecule has 0 saturated carbocycles. The van der Waals surface area contributed by atoms with Gasteiger partial charge in [0.2, 0.25) is 11.8 Å². The molecule has 0 heterocycles. The summed E-state index contributed by atoms with van der Waals surface area (Å²) in [5.41, 5.74) is 3.19. The van der Waals surface area contributed by atoms with E-state index < -0.39 is 6.04 Å². The van der Waals surface area contributed by atoms with Crippen LogP contribution >= 0.6 is 11.8 Å². The Bertz CT molecular complexity index is 1060. The monoisotopic (exact) mass is 490 g/mol. The molecule has 3 aromatic rings. The van der Waals surface area contributed by atoms with Gasteiger partial charge in [0.05, 0.1) is 7.11 Å². The first kappa shape index (κ1) is 26.4. The second kappa shape index (κ2) is 14.2. The zero-order chi connectivity index (χ0) is 24.9.